The molecule has 0 aliphatic rings. The quantitative estimate of drug-likeness (QED) is 0.739. The van der Waals surface area contributed by atoms with Gasteiger partial charge >= 0.3 is 5.97 Å². The van der Waals surface area contributed by atoms with Crippen molar-refractivity contribution < 1.29 is 29.0 Å². The van der Waals surface area contributed by atoms with Gasteiger partial charge in [0.25, 0.3) is 5.91 Å². The van der Waals surface area contributed by atoms with Crippen molar-refractivity contribution in [3.63, 3.8) is 0 Å². The first-order valence-corrected chi connectivity index (χ1v) is 7.47. The second-order valence-corrected chi connectivity index (χ2v) is 5.09. The van der Waals surface area contributed by atoms with Crippen LogP contribution in [0.2, 0.25) is 0 Å². The number of rotatable bonds is 8. The number of benzene rings is 2. The molecule has 1 N–H and O–H groups in total. The monoisotopic (exact) mass is 345 g/mol. The van der Waals surface area contributed by atoms with Gasteiger partial charge in [-0.05, 0) is 42.0 Å². The van der Waals surface area contributed by atoms with Gasteiger partial charge in [-0.2, -0.15) is 0 Å². The highest BCUT2D eigenvalue weighted by atomic mass is 16.7. The molecule has 2 aromatic rings. The minimum Gasteiger partial charge on any atom is -0.497 e. The van der Waals surface area contributed by atoms with E-state index in [-0.39, 0.29) is 6.61 Å². The van der Waals surface area contributed by atoms with E-state index in [1.54, 1.807) is 55.6 Å². The van der Waals surface area contributed by atoms with E-state index < -0.39 is 18.4 Å². The summed E-state index contributed by atoms with van der Waals surface area (Å²) in [5.74, 6) is -0.480. The third kappa shape index (κ3) is 5.22. The van der Waals surface area contributed by atoms with Crippen molar-refractivity contribution in [3.05, 3.63) is 59.7 Å². The van der Waals surface area contributed by atoms with Gasteiger partial charge in [-0.25, -0.2) is 5.06 Å². The molecule has 7 heteroatoms. The Kier molecular flexibility index (Phi) is 6.36. The first-order valence-electron chi connectivity index (χ1n) is 7.47. The van der Waals surface area contributed by atoms with Gasteiger partial charge in [-0.1, -0.05) is 12.1 Å². The lowest BCUT2D eigenvalue weighted by Gasteiger charge is -2.20. The van der Waals surface area contributed by atoms with E-state index in [0.29, 0.717) is 17.1 Å². The first kappa shape index (κ1) is 18.3. The van der Waals surface area contributed by atoms with Crippen LogP contribution in [0.25, 0.3) is 0 Å². The molecule has 0 spiro atoms. The van der Waals surface area contributed by atoms with E-state index in [0.717, 1.165) is 10.6 Å². The molecule has 0 aliphatic carbocycles. The number of carbonyl (C=O) groups is 2. The van der Waals surface area contributed by atoms with Gasteiger partial charge in [0.05, 0.1) is 14.2 Å². The summed E-state index contributed by atoms with van der Waals surface area (Å²) in [6.07, 6.45) is 0. The summed E-state index contributed by atoms with van der Waals surface area (Å²) in [6.45, 7) is -0.540. The van der Waals surface area contributed by atoms with Crippen LogP contribution in [0.3, 0.4) is 0 Å². The fourth-order valence-electron chi connectivity index (χ4n) is 2.09. The van der Waals surface area contributed by atoms with Gasteiger partial charge in [0.1, 0.15) is 24.7 Å². The molecule has 0 radical (unpaired) electrons. The highest BCUT2D eigenvalue weighted by molar-refractivity contribution is 5.95. The van der Waals surface area contributed by atoms with E-state index in [4.69, 9.17) is 19.4 Å². The van der Waals surface area contributed by atoms with Crippen molar-refractivity contribution in [2.75, 3.05) is 20.8 Å². The smallest absolute Gasteiger partial charge is 0.325 e. The van der Waals surface area contributed by atoms with E-state index in [1.165, 1.54) is 7.11 Å². The largest absolute Gasteiger partial charge is 0.497 e. The zero-order chi connectivity index (χ0) is 18.2. The minimum absolute atomic E-state index is 0.0341. The van der Waals surface area contributed by atoms with Crippen molar-refractivity contribution >= 4 is 11.9 Å². The number of nitrogens with zero attached hydrogens (tertiary/aromatic N) is 1. The predicted molar refractivity (Wildman–Crippen MR) is 89.4 cm³/mol. The first-order chi connectivity index (χ1) is 12.0. The summed E-state index contributed by atoms with van der Waals surface area (Å²) in [4.78, 5) is 29.0. The fourth-order valence-corrected chi connectivity index (χ4v) is 2.09. The van der Waals surface area contributed by atoms with Crippen LogP contribution in [0.4, 0.5) is 0 Å². The Morgan fingerprint density at radius 2 is 1.68 bits per heavy atom. The van der Waals surface area contributed by atoms with E-state index in [1.807, 2.05) is 0 Å². The second-order valence-electron chi connectivity index (χ2n) is 5.09. The molecule has 1 amide bonds. The van der Waals surface area contributed by atoms with E-state index in [9.17, 15) is 9.59 Å². The van der Waals surface area contributed by atoms with Crippen LogP contribution in [0, 0.1) is 0 Å². The maximum Gasteiger partial charge on any atom is 0.325 e. The van der Waals surface area contributed by atoms with E-state index in [2.05, 4.69) is 0 Å². The average molecular weight is 345 g/mol. The number of methoxy groups -OCH3 is 2. The molecule has 132 valence electrons. The topological polar surface area (TPSA) is 85.3 Å². The summed E-state index contributed by atoms with van der Waals surface area (Å²) in [6, 6.07) is 13.4. The molecular weight excluding hydrogens is 326 g/mol. The number of hydroxylamine groups is 2. The lowest BCUT2D eigenvalue weighted by atomic mass is 10.2. The SMILES string of the molecule is COc1ccc(C(=O)N(CC(=O)O)OCc2cccc(OC)c2)cc1. The maximum absolute atomic E-state index is 12.5. The van der Waals surface area contributed by atoms with Crippen LogP contribution in [-0.4, -0.2) is 42.8 Å². The zero-order valence-electron chi connectivity index (χ0n) is 14.0. The van der Waals surface area contributed by atoms with Gasteiger partial charge in [0.2, 0.25) is 0 Å². The number of aliphatic carboxylic acids is 1. The van der Waals surface area contributed by atoms with Crippen LogP contribution >= 0.6 is 0 Å². The van der Waals surface area contributed by atoms with Gasteiger partial charge in [0.15, 0.2) is 0 Å². The summed E-state index contributed by atoms with van der Waals surface area (Å²) >= 11 is 0. The molecule has 0 saturated carbocycles. The Labute approximate surface area is 145 Å². The van der Waals surface area contributed by atoms with Gasteiger partial charge in [-0.15, -0.1) is 0 Å². The van der Waals surface area contributed by atoms with Gasteiger partial charge in [-0.3, -0.25) is 14.4 Å². The molecule has 2 aromatic carbocycles. The maximum atomic E-state index is 12.5. The van der Waals surface area contributed by atoms with Gasteiger partial charge < -0.3 is 14.6 Å². The summed E-state index contributed by atoms with van der Waals surface area (Å²) in [5.41, 5.74) is 1.05. The molecule has 25 heavy (non-hydrogen) atoms. The number of hydrogen-bond acceptors (Lipinski definition) is 5. The number of carboxylic acid groups (broad SMARTS) is 1. The lowest BCUT2D eigenvalue weighted by Crippen LogP contribution is -2.35. The minimum atomic E-state index is -1.17. The molecule has 0 fully saturated rings. The second kappa shape index (κ2) is 8.70. The fraction of sp³-hybridized carbons (Fsp3) is 0.222. The lowest BCUT2D eigenvalue weighted by molar-refractivity contribution is -0.162. The standard InChI is InChI=1S/C18H19NO6/c1-23-15-8-6-14(7-9-15)18(22)19(11-17(20)21)25-12-13-4-3-5-16(10-13)24-2/h3-10H,11-12H2,1-2H3,(H,20,21). The van der Waals surface area contributed by atoms with Crippen molar-refractivity contribution in [2.24, 2.45) is 0 Å². The van der Waals surface area contributed by atoms with Crippen LogP contribution in [-0.2, 0) is 16.2 Å². The number of hydrogen-bond donors (Lipinski definition) is 1. The summed E-state index contributed by atoms with van der Waals surface area (Å²) < 4.78 is 10.2. The van der Waals surface area contributed by atoms with Crippen molar-refractivity contribution in [1.29, 1.82) is 0 Å². The Hall–Kier alpha value is -3.06. The predicted octanol–water partition coefficient (Wildman–Crippen LogP) is 2.36. The van der Waals surface area contributed by atoms with Crippen LogP contribution in [0.15, 0.2) is 48.5 Å². The summed E-state index contributed by atoms with van der Waals surface area (Å²) in [5, 5.41) is 9.85. The molecule has 0 atom stereocenters. The molecular formula is C18H19NO6. The molecule has 0 aromatic heterocycles. The number of ether oxygens (including phenoxy) is 2. The van der Waals surface area contributed by atoms with Crippen molar-refractivity contribution in [1.82, 2.24) is 5.06 Å². The van der Waals surface area contributed by atoms with Gasteiger partial charge in [0, 0.05) is 5.56 Å². The molecule has 0 saturated heterocycles. The van der Waals surface area contributed by atoms with Crippen LogP contribution in [0.5, 0.6) is 11.5 Å². The van der Waals surface area contributed by atoms with Crippen LogP contribution in [0.1, 0.15) is 15.9 Å². The zero-order valence-corrected chi connectivity index (χ0v) is 14.0. The molecule has 0 aliphatic heterocycles. The molecule has 0 bridgehead atoms. The molecule has 0 heterocycles. The Morgan fingerprint density at radius 1 is 1.00 bits per heavy atom. The van der Waals surface area contributed by atoms with E-state index >= 15 is 0 Å². The average Bonchev–Trinajstić information content (AvgIpc) is 2.64. The Balaban J connectivity index is 2.11. The molecule has 7 nitrogen and oxygen atoms in total. The Morgan fingerprint density at radius 3 is 2.28 bits per heavy atom. The van der Waals surface area contributed by atoms with Crippen molar-refractivity contribution in [2.45, 2.75) is 6.61 Å². The highest BCUT2D eigenvalue weighted by Crippen LogP contribution is 2.16. The third-order valence-corrected chi connectivity index (χ3v) is 3.36. The summed E-state index contributed by atoms with van der Waals surface area (Å²) in [7, 11) is 3.06. The Bertz CT molecular complexity index is 729. The third-order valence-electron chi connectivity index (χ3n) is 3.36. The van der Waals surface area contributed by atoms with Crippen molar-refractivity contribution in [3.8, 4) is 11.5 Å². The number of carboxylic acids is 1. The molecule has 2 rings (SSSR count). The number of amides is 1. The molecule has 0 unspecified atom stereocenters. The normalized spacial score (nSPS) is 10.2. The van der Waals surface area contributed by atoms with Crippen LogP contribution < -0.4 is 9.47 Å². The number of carbonyl (C=O) groups excluding carboxylic acids is 1. The highest BCUT2D eigenvalue weighted by Gasteiger charge is 2.20.